The summed E-state index contributed by atoms with van der Waals surface area (Å²) in [6.07, 6.45) is 3.87. The molecule has 3 heteroatoms. The molecule has 0 amide bonds. The third kappa shape index (κ3) is 2.21. The minimum absolute atomic E-state index is 0.133. The van der Waals surface area contributed by atoms with Crippen molar-refractivity contribution in [1.29, 1.82) is 0 Å². The molecule has 74 valence electrons. The maximum Gasteiger partial charge on any atom is 0.302 e. The van der Waals surface area contributed by atoms with Crippen molar-refractivity contribution in [3.05, 3.63) is 0 Å². The van der Waals surface area contributed by atoms with Crippen molar-refractivity contribution in [2.24, 2.45) is 5.92 Å². The zero-order valence-corrected chi connectivity index (χ0v) is 8.16. The van der Waals surface area contributed by atoms with E-state index in [1.54, 1.807) is 0 Å². The molecule has 2 bridgehead atoms. The second-order valence-electron chi connectivity index (χ2n) is 4.23. The standard InChI is InChI=1S/C10H17NO2/c1-8(12)13-10-5-9-3-2-4-11(6-9)7-10/h9-10H,2-7H2,1H3. The number of hydrogen-bond donors (Lipinski definition) is 0. The summed E-state index contributed by atoms with van der Waals surface area (Å²) < 4.78 is 5.25. The molecule has 2 aliphatic heterocycles. The molecule has 0 aromatic heterocycles. The Morgan fingerprint density at radius 2 is 2.31 bits per heavy atom. The highest BCUT2D eigenvalue weighted by atomic mass is 16.5. The van der Waals surface area contributed by atoms with Crippen LogP contribution in [0.3, 0.4) is 0 Å². The number of rotatable bonds is 1. The fourth-order valence-electron chi connectivity index (χ4n) is 2.56. The lowest BCUT2D eigenvalue weighted by Gasteiger charge is -2.41. The first kappa shape index (κ1) is 9.00. The number of carbonyl (C=O) groups is 1. The molecule has 2 saturated heterocycles. The molecule has 0 saturated carbocycles. The summed E-state index contributed by atoms with van der Waals surface area (Å²) in [6.45, 7) is 4.86. The quantitative estimate of drug-likeness (QED) is 0.569. The number of piperidine rings is 2. The molecule has 13 heavy (non-hydrogen) atoms. The van der Waals surface area contributed by atoms with Gasteiger partial charge in [0.05, 0.1) is 0 Å². The van der Waals surface area contributed by atoms with E-state index in [4.69, 9.17) is 4.74 Å². The summed E-state index contributed by atoms with van der Waals surface area (Å²) in [4.78, 5) is 13.2. The van der Waals surface area contributed by atoms with Crippen LogP contribution in [0.5, 0.6) is 0 Å². The number of esters is 1. The van der Waals surface area contributed by atoms with Gasteiger partial charge >= 0.3 is 5.97 Å². The highest BCUT2D eigenvalue weighted by Crippen LogP contribution is 2.27. The molecule has 2 rings (SSSR count). The van der Waals surface area contributed by atoms with Crippen molar-refractivity contribution in [2.75, 3.05) is 19.6 Å². The van der Waals surface area contributed by atoms with Crippen LogP contribution in [-0.2, 0) is 9.53 Å². The van der Waals surface area contributed by atoms with Crippen LogP contribution in [-0.4, -0.2) is 36.6 Å². The van der Waals surface area contributed by atoms with E-state index < -0.39 is 0 Å². The zero-order chi connectivity index (χ0) is 9.26. The highest BCUT2D eigenvalue weighted by Gasteiger charge is 2.31. The van der Waals surface area contributed by atoms with Crippen molar-refractivity contribution in [3.8, 4) is 0 Å². The lowest BCUT2D eigenvalue weighted by molar-refractivity contribution is -0.150. The number of nitrogens with zero attached hydrogens (tertiary/aromatic N) is 1. The summed E-state index contributed by atoms with van der Waals surface area (Å²) in [5.41, 5.74) is 0. The van der Waals surface area contributed by atoms with E-state index in [1.165, 1.54) is 32.9 Å². The number of hydrogen-bond acceptors (Lipinski definition) is 3. The van der Waals surface area contributed by atoms with Crippen molar-refractivity contribution in [1.82, 2.24) is 4.90 Å². The lowest BCUT2D eigenvalue weighted by atomic mass is 9.88. The van der Waals surface area contributed by atoms with E-state index in [0.29, 0.717) is 0 Å². The van der Waals surface area contributed by atoms with Gasteiger partial charge in [0.1, 0.15) is 6.10 Å². The van der Waals surface area contributed by atoms with Crippen molar-refractivity contribution in [3.63, 3.8) is 0 Å². The van der Waals surface area contributed by atoms with Gasteiger partial charge in [-0.2, -0.15) is 0 Å². The van der Waals surface area contributed by atoms with Crippen LogP contribution in [0.25, 0.3) is 0 Å². The SMILES string of the molecule is CC(=O)OC1CC2CCCN(C2)C1. The predicted octanol–water partition coefficient (Wildman–Crippen LogP) is 1.03. The Bertz CT molecular complexity index is 193. The molecule has 0 spiro atoms. The van der Waals surface area contributed by atoms with Crippen molar-refractivity contribution in [2.45, 2.75) is 32.3 Å². The lowest BCUT2D eigenvalue weighted by Crippen LogP contribution is -2.47. The zero-order valence-electron chi connectivity index (χ0n) is 8.16. The van der Waals surface area contributed by atoms with Gasteiger partial charge in [-0.15, -0.1) is 0 Å². The smallest absolute Gasteiger partial charge is 0.302 e. The molecule has 0 aliphatic carbocycles. The normalized spacial score (nSPS) is 38.4. The van der Waals surface area contributed by atoms with Crippen molar-refractivity contribution < 1.29 is 9.53 Å². The van der Waals surface area contributed by atoms with Gasteiger partial charge in [0.2, 0.25) is 0 Å². The second-order valence-corrected chi connectivity index (χ2v) is 4.23. The van der Waals surface area contributed by atoms with Crippen LogP contribution in [0.15, 0.2) is 0 Å². The maximum absolute atomic E-state index is 10.8. The Balaban J connectivity index is 1.90. The average Bonchev–Trinajstić information content (AvgIpc) is 2.01. The van der Waals surface area contributed by atoms with Gasteiger partial charge in [-0.05, 0) is 31.7 Å². The molecule has 0 N–H and O–H groups in total. The van der Waals surface area contributed by atoms with Gasteiger partial charge in [0.25, 0.3) is 0 Å². The highest BCUT2D eigenvalue weighted by molar-refractivity contribution is 5.66. The molecule has 0 aromatic carbocycles. The summed E-state index contributed by atoms with van der Waals surface area (Å²) in [7, 11) is 0. The molecule has 3 nitrogen and oxygen atoms in total. The van der Waals surface area contributed by atoms with Crippen LogP contribution in [0.2, 0.25) is 0 Å². The third-order valence-electron chi connectivity index (χ3n) is 2.99. The third-order valence-corrected chi connectivity index (χ3v) is 2.99. The van der Waals surface area contributed by atoms with Crippen molar-refractivity contribution >= 4 is 5.97 Å². The van der Waals surface area contributed by atoms with E-state index in [1.807, 2.05) is 0 Å². The molecular formula is C10H17NO2. The number of fused-ring (bicyclic) bond motifs is 2. The van der Waals surface area contributed by atoms with Gasteiger partial charge in [0.15, 0.2) is 0 Å². The average molecular weight is 183 g/mol. The van der Waals surface area contributed by atoms with E-state index in [0.717, 1.165) is 18.9 Å². The summed E-state index contributed by atoms with van der Waals surface area (Å²) in [5.74, 6) is 0.637. The molecule has 2 fully saturated rings. The first-order valence-electron chi connectivity index (χ1n) is 5.13. The fourth-order valence-corrected chi connectivity index (χ4v) is 2.56. The van der Waals surface area contributed by atoms with Gasteiger partial charge in [-0.25, -0.2) is 0 Å². The van der Waals surface area contributed by atoms with Crippen LogP contribution in [0, 0.1) is 5.92 Å². The Morgan fingerprint density at radius 3 is 3.00 bits per heavy atom. The van der Waals surface area contributed by atoms with E-state index >= 15 is 0 Å². The molecule has 3 atom stereocenters. The second kappa shape index (κ2) is 3.66. The minimum atomic E-state index is -0.133. The molecular weight excluding hydrogens is 166 g/mol. The van der Waals surface area contributed by atoms with E-state index in [-0.39, 0.29) is 12.1 Å². The summed E-state index contributed by atoms with van der Waals surface area (Å²) >= 11 is 0. The summed E-state index contributed by atoms with van der Waals surface area (Å²) in [6, 6.07) is 0. The van der Waals surface area contributed by atoms with Crippen LogP contribution in [0.1, 0.15) is 26.2 Å². The molecule has 3 unspecified atom stereocenters. The molecule has 2 heterocycles. The Kier molecular flexibility index (Phi) is 2.54. The first-order valence-corrected chi connectivity index (χ1v) is 5.13. The predicted molar refractivity (Wildman–Crippen MR) is 49.3 cm³/mol. The summed E-state index contributed by atoms with van der Waals surface area (Å²) in [5, 5.41) is 0. The van der Waals surface area contributed by atoms with E-state index in [9.17, 15) is 4.79 Å². The number of carbonyl (C=O) groups excluding carboxylic acids is 1. The fraction of sp³-hybridized carbons (Fsp3) is 0.900. The number of ether oxygens (including phenoxy) is 1. The van der Waals surface area contributed by atoms with Crippen LogP contribution in [0.4, 0.5) is 0 Å². The Labute approximate surface area is 79.0 Å². The topological polar surface area (TPSA) is 29.5 Å². The molecule has 0 aromatic rings. The van der Waals surface area contributed by atoms with Gasteiger partial charge in [0, 0.05) is 20.0 Å². The Hall–Kier alpha value is -0.570. The van der Waals surface area contributed by atoms with Crippen LogP contribution >= 0.6 is 0 Å². The van der Waals surface area contributed by atoms with Gasteiger partial charge in [-0.1, -0.05) is 0 Å². The van der Waals surface area contributed by atoms with E-state index in [2.05, 4.69) is 4.90 Å². The van der Waals surface area contributed by atoms with Gasteiger partial charge in [-0.3, -0.25) is 9.69 Å². The largest absolute Gasteiger partial charge is 0.461 e. The van der Waals surface area contributed by atoms with Crippen LogP contribution < -0.4 is 0 Å². The van der Waals surface area contributed by atoms with Gasteiger partial charge < -0.3 is 4.74 Å². The Morgan fingerprint density at radius 1 is 1.46 bits per heavy atom. The molecule has 2 aliphatic rings. The molecule has 0 radical (unpaired) electrons. The first-order chi connectivity index (χ1) is 6.24. The monoisotopic (exact) mass is 183 g/mol. The maximum atomic E-state index is 10.8. The minimum Gasteiger partial charge on any atom is -0.461 e.